The third-order valence-electron chi connectivity index (χ3n) is 10.5. The summed E-state index contributed by atoms with van der Waals surface area (Å²) in [5.74, 6) is -1.03. The monoisotopic (exact) mass is 736 g/mol. The van der Waals surface area contributed by atoms with E-state index >= 15 is 0 Å². The number of carboxylic acids is 1. The SMILES string of the molecule is CC(C)(C)[Si](O[C@H](C=C[C@@H]1C(=O)C[C@@H](OC2CCCCO2)[C@@H]1CC=CCCCC(=O)O)c1cc2ccccc2s1)(c1ccccc1)c1ccccc1. The van der Waals surface area contributed by atoms with E-state index in [2.05, 4.69) is 130 Å². The van der Waals surface area contributed by atoms with Gasteiger partial charge in [0.25, 0.3) is 8.32 Å². The maximum Gasteiger partial charge on any atom is 0.303 e. The number of ether oxygens (including phenoxy) is 2. The normalized spacial score (nSPS) is 22.1. The van der Waals surface area contributed by atoms with Gasteiger partial charge in [-0.2, -0.15) is 0 Å². The third-order valence-corrected chi connectivity index (χ3v) is 16.6. The predicted octanol–water partition coefficient (Wildman–Crippen LogP) is 9.39. The Balaban J connectivity index is 1.38. The second kappa shape index (κ2) is 17.4. The molecule has 1 saturated heterocycles. The number of carbonyl (C=O) groups is 2. The number of hydrogen-bond donors (Lipinski definition) is 1. The lowest BCUT2D eigenvalue weighted by atomic mass is 9.90. The summed E-state index contributed by atoms with van der Waals surface area (Å²) < 4.78 is 21.4. The molecule has 8 heteroatoms. The summed E-state index contributed by atoms with van der Waals surface area (Å²) in [6.45, 7) is 7.55. The number of unbranched alkanes of at least 4 members (excludes halogenated alkanes) is 1. The number of rotatable bonds is 15. The van der Waals surface area contributed by atoms with Crippen LogP contribution in [-0.4, -0.2) is 44.2 Å². The smallest absolute Gasteiger partial charge is 0.303 e. The summed E-state index contributed by atoms with van der Waals surface area (Å²) in [5.41, 5.74) is 0. The molecule has 2 heterocycles. The van der Waals surface area contributed by atoms with Gasteiger partial charge in [-0.25, -0.2) is 0 Å². The Kier molecular flexibility index (Phi) is 12.8. The van der Waals surface area contributed by atoms with Gasteiger partial charge in [0.1, 0.15) is 5.78 Å². The van der Waals surface area contributed by atoms with Crippen LogP contribution in [0.3, 0.4) is 0 Å². The van der Waals surface area contributed by atoms with Gasteiger partial charge in [0.05, 0.1) is 12.2 Å². The summed E-state index contributed by atoms with van der Waals surface area (Å²) in [6, 6.07) is 32.1. The van der Waals surface area contributed by atoms with Crippen LogP contribution in [-0.2, 0) is 23.5 Å². The second-order valence-electron chi connectivity index (χ2n) is 15.1. The number of aliphatic carboxylic acids is 1. The summed E-state index contributed by atoms with van der Waals surface area (Å²) in [4.78, 5) is 26.1. The highest BCUT2D eigenvalue weighted by molar-refractivity contribution is 7.19. The van der Waals surface area contributed by atoms with E-state index in [4.69, 9.17) is 19.0 Å². The molecule has 1 unspecified atom stereocenters. The fourth-order valence-corrected chi connectivity index (χ4v) is 13.6. The van der Waals surface area contributed by atoms with E-state index in [0.717, 1.165) is 24.1 Å². The zero-order valence-electron chi connectivity index (χ0n) is 30.6. The first kappa shape index (κ1) is 38.1. The van der Waals surface area contributed by atoms with E-state index in [9.17, 15) is 9.59 Å². The zero-order valence-corrected chi connectivity index (χ0v) is 32.4. The van der Waals surface area contributed by atoms with Crippen LogP contribution in [0.15, 0.2) is 115 Å². The number of carbonyl (C=O) groups excluding carboxylic acids is 1. The maximum absolute atomic E-state index is 13.9. The first-order valence-electron chi connectivity index (χ1n) is 18.8. The van der Waals surface area contributed by atoms with Crippen LogP contribution in [0.4, 0.5) is 0 Å². The molecule has 6 nitrogen and oxygen atoms in total. The van der Waals surface area contributed by atoms with E-state index in [-0.39, 0.29) is 41.5 Å². The Hall–Kier alpha value is -3.66. The molecule has 1 aliphatic heterocycles. The molecule has 3 aromatic carbocycles. The van der Waals surface area contributed by atoms with Crippen molar-refractivity contribution >= 4 is 51.9 Å². The van der Waals surface area contributed by atoms with Crippen LogP contribution in [0.1, 0.15) is 83.1 Å². The van der Waals surface area contributed by atoms with Crippen LogP contribution in [0, 0.1) is 11.8 Å². The molecule has 52 heavy (non-hydrogen) atoms. The van der Waals surface area contributed by atoms with Gasteiger partial charge in [-0.15, -0.1) is 11.3 Å². The summed E-state index contributed by atoms with van der Waals surface area (Å²) in [6.07, 6.45) is 12.8. The number of allylic oxidation sites excluding steroid dienone is 3. The minimum absolute atomic E-state index is 0.0686. The first-order valence-corrected chi connectivity index (χ1v) is 21.5. The molecule has 0 radical (unpaired) electrons. The van der Waals surface area contributed by atoms with Crippen LogP contribution in [0.2, 0.25) is 5.04 Å². The quantitative estimate of drug-likeness (QED) is 0.0745. The van der Waals surface area contributed by atoms with Crippen LogP contribution < -0.4 is 10.4 Å². The lowest BCUT2D eigenvalue weighted by Crippen LogP contribution is -2.66. The Morgan fingerprint density at radius 3 is 2.31 bits per heavy atom. The highest BCUT2D eigenvalue weighted by Crippen LogP contribution is 2.43. The predicted molar refractivity (Wildman–Crippen MR) is 213 cm³/mol. The van der Waals surface area contributed by atoms with Gasteiger partial charge < -0.3 is 19.0 Å². The summed E-state index contributed by atoms with van der Waals surface area (Å²) in [7, 11) is -2.96. The molecule has 1 N–H and O–H groups in total. The molecule has 274 valence electrons. The number of thiophene rings is 1. The summed E-state index contributed by atoms with van der Waals surface area (Å²) in [5, 5.41) is 12.4. The van der Waals surface area contributed by atoms with E-state index in [0.29, 0.717) is 32.3 Å². The topological polar surface area (TPSA) is 82.1 Å². The Bertz CT molecular complexity index is 1750. The highest BCUT2D eigenvalue weighted by atomic mass is 32.1. The largest absolute Gasteiger partial charge is 0.481 e. The second-order valence-corrected chi connectivity index (χ2v) is 20.5. The molecule has 4 aromatic rings. The molecule has 6 rings (SSSR count). The van der Waals surface area contributed by atoms with E-state index in [1.54, 1.807) is 11.3 Å². The molecule has 0 spiro atoms. The van der Waals surface area contributed by atoms with Crippen molar-refractivity contribution in [1.29, 1.82) is 0 Å². The minimum Gasteiger partial charge on any atom is -0.481 e. The fourth-order valence-electron chi connectivity index (χ4n) is 7.85. The van der Waals surface area contributed by atoms with Crippen LogP contribution in [0.25, 0.3) is 10.1 Å². The lowest BCUT2D eigenvalue weighted by Gasteiger charge is -2.44. The van der Waals surface area contributed by atoms with E-state index in [1.165, 1.54) is 20.5 Å². The molecular weight excluding hydrogens is 685 g/mol. The molecular formula is C44H52O6SSi. The van der Waals surface area contributed by atoms with Gasteiger partial charge in [0, 0.05) is 40.9 Å². The van der Waals surface area contributed by atoms with E-state index in [1.807, 2.05) is 6.08 Å². The number of hydrogen-bond acceptors (Lipinski definition) is 6. The molecule has 0 amide bonds. The molecule has 1 saturated carbocycles. The average Bonchev–Trinajstić information content (AvgIpc) is 3.70. The summed E-state index contributed by atoms with van der Waals surface area (Å²) >= 11 is 1.75. The number of carboxylic acid groups (broad SMARTS) is 1. The fraction of sp³-hybridized carbons (Fsp3) is 0.409. The van der Waals surface area contributed by atoms with Gasteiger partial charge in [0.2, 0.25) is 0 Å². The third kappa shape index (κ3) is 8.92. The van der Waals surface area contributed by atoms with Crippen LogP contribution >= 0.6 is 11.3 Å². The van der Waals surface area contributed by atoms with Crippen molar-refractivity contribution in [3.05, 3.63) is 120 Å². The van der Waals surface area contributed by atoms with Crippen molar-refractivity contribution in [2.75, 3.05) is 6.61 Å². The molecule has 2 aliphatic rings. The number of Topliss-reactive ketones (excluding diaryl/α,β-unsaturated/α-hetero) is 1. The molecule has 1 aliphatic carbocycles. The standard InChI is InChI=1S/C44H52O6SSi/c1-44(2,3)52(33-19-8-6-9-20-33,34-21-10-7-11-22-34)50-38(41-30-32-18-14-15-24-40(32)51-41)28-27-35-36(23-12-4-5-13-25-42(46)47)39(31-37(35)45)49-43-26-16-17-29-48-43/h4,6-12,14-15,18-22,24,27-28,30,35-36,38-39,43H,5,13,16-17,23,25-26,29,31H2,1-3H3,(H,46,47)/t35-,36+,38+,39+,43?/m0/s1. The number of benzene rings is 3. The van der Waals surface area contributed by atoms with Crippen molar-refractivity contribution in [1.82, 2.24) is 0 Å². The Morgan fingerprint density at radius 2 is 1.67 bits per heavy atom. The highest BCUT2D eigenvalue weighted by Gasteiger charge is 2.52. The number of fused-ring (bicyclic) bond motifs is 1. The molecule has 1 aromatic heterocycles. The van der Waals surface area contributed by atoms with Gasteiger partial charge >= 0.3 is 5.97 Å². The Labute approximate surface area is 313 Å². The van der Waals surface area contributed by atoms with Crippen molar-refractivity contribution in [2.24, 2.45) is 11.8 Å². The first-order chi connectivity index (χ1) is 25.2. The molecule has 2 fully saturated rings. The minimum atomic E-state index is -2.96. The van der Waals surface area contributed by atoms with Gasteiger partial charge in [-0.3, -0.25) is 9.59 Å². The van der Waals surface area contributed by atoms with Gasteiger partial charge in [0.15, 0.2) is 6.29 Å². The van der Waals surface area contributed by atoms with Crippen molar-refractivity contribution in [2.45, 2.75) is 95.7 Å². The van der Waals surface area contributed by atoms with Gasteiger partial charge in [-0.05, 0) is 71.5 Å². The molecule has 5 atom stereocenters. The van der Waals surface area contributed by atoms with Crippen molar-refractivity contribution < 1.29 is 28.6 Å². The van der Waals surface area contributed by atoms with Gasteiger partial charge in [-0.1, -0.05) is 124 Å². The number of ketones is 1. The maximum atomic E-state index is 13.9. The van der Waals surface area contributed by atoms with Crippen LogP contribution in [0.5, 0.6) is 0 Å². The lowest BCUT2D eigenvalue weighted by molar-refractivity contribution is -0.194. The Morgan fingerprint density at radius 1 is 0.981 bits per heavy atom. The molecule has 0 bridgehead atoms. The van der Waals surface area contributed by atoms with Crippen molar-refractivity contribution in [3.8, 4) is 0 Å². The zero-order chi connectivity index (χ0) is 36.6. The van der Waals surface area contributed by atoms with E-state index < -0.39 is 20.4 Å². The average molecular weight is 737 g/mol. The van der Waals surface area contributed by atoms with Crippen molar-refractivity contribution in [3.63, 3.8) is 0 Å².